The number of rotatable bonds is 5. The standard InChI is InChI=1S/C27H26BrNO5/c1-14(2)19-13-20(15(3)11-22(19)33-5)25(30)23-24(21-10-9-16(4)34-21)29(27(32)26(23)31)18-8-6-7-17(28)12-18/h6-14,24,30H,1-5H3/b25-23+. The van der Waals surface area contributed by atoms with E-state index in [9.17, 15) is 14.7 Å². The zero-order valence-corrected chi connectivity index (χ0v) is 21.3. The summed E-state index contributed by atoms with van der Waals surface area (Å²) < 4.78 is 12.1. The summed E-state index contributed by atoms with van der Waals surface area (Å²) in [7, 11) is 1.60. The van der Waals surface area contributed by atoms with E-state index in [1.807, 2.05) is 39.0 Å². The van der Waals surface area contributed by atoms with Gasteiger partial charge in [-0.15, -0.1) is 0 Å². The molecule has 1 aromatic heterocycles. The predicted octanol–water partition coefficient (Wildman–Crippen LogP) is 6.42. The van der Waals surface area contributed by atoms with Gasteiger partial charge in [0, 0.05) is 15.7 Å². The summed E-state index contributed by atoms with van der Waals surface area (Å²) in [4.78, 5) is 28.0. The molecule has 0 bridgehead atoms. The maximum absolute atomic E-state index is 13.3. The number of halogens is 1. The minimum Gasteiger partial charge on any atom is -0.507 e. The number of aliphatic hydroxyl groups excluding tert-OH is 1. The Bertz CT molecular complexity index is 1320. The molecule has 1 aliphatic rings. The number of benzene rings is 2. The predicted molar refractivity (Wildman–Crippen MR) is 134 cm³/mol. The molecule has 2 aromatic carbocycles. The molecule has 0 radical (unpaired) electrons. The number of ether oxygens (including phenoxy) is 1. The molecule has 1 saturated heterocycles. The van der Waals surface area contributed by atoms with Crippen LogP contribution in [0.25, 0.3) is 5.76 Å². The Morgan fingerprint density at radius 3 is 2.44 bits per heavy atom. The fraction of sp³-hybridized carbons (Fsp3) is 0.259. The number of anilines is 1. The normalized spacial score (nSPS) is 17.6. The number of hydrogen-bond donors (Lipinski definition) is 1. The van der Waals surface area contributed by atoms with Crippen LogP contribution in [0.1, 0.15) is 54.0 Å². The minimum atomic E-state index is -0.910. The van der Waals surface area contributed by atoms with Gasteiger partial charge in [-0.2, -0.15) is 0 Å². The number of aliphatic hydroxyl groups is 1. The monoisotopic (exact) mass is 523 g/mol. The van der Waals surface area contributed by atoms with Gasteiger partial charge in [-0.3, -0.25) is 14.5 Å². The molecule has 0 aliphatic carbocycles. The second-order valence-corrected chi connectivity index (χ2v) is 9.58. The van der Waals surface area contributed by atoms with Gasteiger partial charge in [0.2, 0.25) is 0 Å². The molecular weight excluding hydrogens is 498 g/mol. The van der Waals surface area contributed by atoms with Crippen molar-refractivity contribution in [2.45, 2.75) is 39.7 Å². The molecule has 1 unspecified atom stereocenters. The first-order valence-corrected chi connectivity index (χ1v) is 11.7. The Kier molecular flexibility index (Phi) is 6.41. The highest BCUT2D eigenvalue weighted by Gasteiger charge is 2.48. The van der Waals surface area contributed by atoms with Crippen molar-refractivity contribution in [3.63, 3.8) is 0 Å². The molecule has 1 amide bonds. The number of carbonyl (C=O) groups excluding carboxylic acids is 2. The quantitative estimate of drug-likeness (QED) is 0.237. The molecule has 0 spiro atoms. The number of methoxy groups -OCH3 is 1. The van der Waals surface area contributed by atoms with Crippen LogP contribution in [-0.4, -0.2) is 23.9 Å². The molecular formula is C27H26BrNO5. The zero-order chi connectivity index (χ0) is 24.7. The summed E-state index contributed by atoms with van der Waals surface area (Å²) in [6.45, 7) is 7.67. The fourth-order valence-corrected chi connectivity index (χ4v) is 4.71. The minimum absolute atomic E-state index is 0.0118. The lowest BCUT2D eigenvalue weighted by Crippen LogP contribution is -2.29. The summed E-state index contributed by atoms with van der Waals surface area (Å²) in [5.74, 6) is 0.126. The van der Waals surface area contributed by atoms with E-state index < -0.39 is 17.7 Å². The molecule has 7 heteroatoms. The number of Topliss-reactive ketones (excluding diaryl/α,β-unsaturated/α-hetero) is 1. The van der Waals surface area contributed by atoms with E-state index >= 15 is 0 Å². The van der Waals surface area contributed by atoms with E-state index in [1.165, 1.54) is 4.90 Å². The third-order valence-corrected chi connectivity index (χ3v) is 6.51. The molecule has 1 fully saturated rings. The molecule has 0 saturated carbocycles. The van der Waals surface area contributed by atoms with E-state index in [-0.39, 0.29) is 17.3 Å². The molecule has 34 heavy (non-hydrogen) atoms. The Balaban J connectivity index is 1.98. The van der Waals surface area contributed by atoms with Crippen molar-refractivity contribution in [2.75, 3.05) is 12.0 Å². The number of furan rings is 1. The highest BCUT2D eigenvalue weighted by atomic mass is 79.9. The largest absolute Gasteiger partial charge is 0.507 e. The van der Waals surface area contributed by atoms with Crippen LogP contribution in [0.4, 0.5) is 5.69 Å². The number of nitrogens with zero attached hydrogens (tertiary/aromatic N) is 1. The van der Waals surface area contributed by atoms with E-state index in [2.05, 4.69) is 15.9 Å². The second-order valence-electron chi connectivity index (χ2n) is 8.66. The van der Waals surface area contributed by atoms with Gasteiger partial charge in [-0.05, 0) is 73.4 Å². The van der Waals surface area contributed by atoms with Crippen LogP contribution in [0, 0.1) is 13.8 Å². The van der Waals surface area contributed by atoms with E-state index in [0.29, 0.717) is 28.5 Å². The number of amides is 1. The van der Waals surface area contributed by atoms with Gasteiger partial charge in [0.25, 0.3) is 11.7 Å². The maximum Gasteiger partial charge on any atom is 0.300 e. The van der Waals surface area contributed by atoms with Crippen LogP contribution in [0.2, 0.25) is 0 Å². The third kappa shape index (κ3) is 4.05. The average molecular weight is 524 g/mol. The number of carbonyl (C=O) groups is 2. The van der Waals surface area contributed by atoms with Gasteiger partial charge >= 0.3 is 0 Å². The molecule has 2 heterocycles. The van der Waals surface area contributed by atoms with Gasteiger partial charge in [-0.25, -0.2) is 0 Å². The highest BCUT2D eigenvalue weighted by molar-refractivity contribution is 9.10. The first-order chi connectivity index (χ1) is 16.1. The smallest absolute Gasteiger partial charge is 0.300 e. The Morgan fingerprint density at radius 2 is 1.85 bits per heavy atom. The fourth-order valence-electron chi connectivity index (χ4n) is 4.32. The SMILES string of the molecule is COc1cc(C)c(/C(O)=C2\C(=O)C(=O)N(c3cccc(Br)c3)C2c2ccc(C)o2)cc1C(C)C. The number of ketones is 1. The van der Waals surface area contributed by atoms with E-state index in [1.54, 1.807) is 44.4 Å². The second kappa shape index (κ2) is 9.14. The Labute approximate surface area is 207 Å². The van der Waals surface area contributed by atoms with Crippen molar-refractivity contribution in [1.82, 2.24) is 0 Å². The van der Waals surface area contributed by atoms with Crippen molar-refractivity contribution in [2.24, 2.45) is 0 Å². The molecule has 3 aromatic rings. The van der Waals surface area contributed by atoms with Gasteiger partial charge < -0.3 is 14.3 Å². The summed E-state index contributed by atoms with van der Waals surface area (Å²) in [6, 6.07) is 13.4. The van der Waals surface area contributed by atoms with Crippen LogP contribution in [0.3, 0.4) is 0 Å². The number of aryl methyl sites for hydroxylation is 2. The van der Waals surface area contributed by atoms with Crippen molar-refractivity contribution < 1.29 is 23.8 Å². The van der Waals surface area contributed by atoms with Crippen molar-refractivity contribution in [3.05, 3.63) is 86.8 Å². The molecule has 1 N–H and O–H groups in total. The lowest BCUT2D eigenvalue weighted by molar-refractivity contribution is -0.132. The molecule has 6 nitrogen and oxygen atoms in total. The van der Waals surface area contributed by atoms with Gasteiger partial charge in [0.1, 0.15) is 29.1 Å². The van der Waals surface area contributed by atoms with Gasteiger partial charge in [0.15, 0.2) is 0 Å². The van der Waals surface area contributed by atoms with E-state index in [4.69, 9.17) is 9.15 Å². The van der Waals surface area contributed by atoms with Gasteiger partial charge in [-0.1, -0.05) is 35.8 Å². The molecule has 1 aliphatic heterocycles. The average Bonchev–Trinajstić information content (AvgIpc) is 3.33. The van der Waals surface area contributed by atoms with Crippen molar-refractivity contribution in [1.29, 1.82) is 0 Å². The summed E-state index contributed by atoms with van der Waals surface area (Å²) in [5.41, 5.74) is 2.60. The maximum atomic E-state index is 13.3. The first kappa shape index (κ1) is 23.8. The van der Waals surface area contributed by atoms with Crippen LogP contribution < -0.4 is 9.64 Å². The Morgan fingerprint density at radius 1 is 1.12 bits per heavy atom. The van der Waals surface area contributed by atoms with Gasteiger partial charge in [0.05, 0.1) is 12.7 Å². The van der Waals surface area contributed by atoms with Crippen LogP contribution in [-0.2, 0) is 9.59 Å². The van der Waals surface area contributed by atoms with Crippen LogP contribution >= 0.6 is 15.9 Å². The summed E-state index contributed by atoms with van der Waals surface area (Å²) in [6.07, 6.45) is 0. The van der Waals surface area contributed by atoms with Crippen molar-refractivity contribution in [3.8, 4) is 5.75 Å². The first-order valence-electron chi connectivity index (χ1n) is 11.0. The van der Waals surface area contributed by atoms with Crippen LogP contribution in [0.15, 0.2) is 63.0 Å². The lowest BCUT2D eigenvalue weighted by Gasteiger charge is -2.24. The number of hydrogen-bond acceptors (Lipinski definition) is 5. The lowest BCUT2D eigenvalue weighted by atomic mass is 9.92. The Hall–Kier alpha value is -3.32. The topological polar surface area (TPSA) is 80.0 Å². The summed E-state index contributed by atoms with van der Waals surface area (Å²) >= 11 is 3.43. The third-order valence-electron chi connectivity index (χ3n) is 6.02. The highest BCUT2D eigenvalue weighted by Crippen LogP contribution is 2.44. The van der Waals surface area contributed by atoms with E-state index in [0.717, 1.165) is 15.6 Å². The van der Waals surface area contributed by atoms with Crippen LogP contribution in [0.5, 0.6) is 5.75 Å². The van der Waals surface area contributed by atoms with Crippen molar-refractivity contribution >= 4 is 39.1 Å². The molecule has 176 valence electrons. The summed E-state index contributed by atoms with van der Waals surface area (Å²) in [5, 5.41) is 11.5. The molecule has 4 rings (SSSR count). The zero-order valence-electron chi connectivity index (χ0n) is 19.7. The molecule has 1 atom stereocenters.